The van der Waals surface area contributed by atoms with E-state index in [0.717, 1.165) is 11.1 Å². The average molecular weight is 491 g/mol. The van der Waals surface area contributed by atoms with Gasteiger partial charge in [-0.25, -0.2) is 0 Å². The largest absolute Gasteiger partial charge is 0.507 e. The maximum absolute atomic E-state index is 13.4. The molecule has 6 heteroatoms. The third kappa shape index (κ3) is 4.72. The highest BCUT2D eigenvalue weighted by Gasteiger charge is 2.37. The molecule has 2 aromatic rings. The zero-order valence-electron chi connectivity index (χ0n) is 21.7. The Kier molecular flexibility index (Phi) is 6.65. The number of phenolic OH excluding ortho intramolecular Hbond substituents is 3. The number of ketones is 1. The van der Waals surface area contributed by atoms with Gasteiger partial charge in [0.1, 0.15) is 46.0 Å². The van der Waals surface area contributed by atoms with E-state index in [4.69, 9.17) is 9.47 Å². The van der Waals surface area contributed by atoms with Crippen LogP contribution in [0.2, 0.25) is 0 Å². The molecular weight excluding hydrogens is 456 g/mol. The minimum Gasteiger partial charge on any atom is -0.507 e. The van der Waals surface area contributed by atoms with E-state index in [0.29, 0.717) is 40.8 Å². The number of aromatic hydroxyl groups is 3. The van der Waals surface area contributed by atoms with Crippen molar-refractivity contribution in [3.8, 4) is 28.7 Å². The van der Waals surface area contributed by atoms with Gasteiger partial charge in [0, 0.05) is 16.7 Å². The summed E-state index contributed by atoms with van der Waals surface area (Å²) >= 11 is 0. The van der Waals surface area contributed by atoms with Crippen molar-refractivity contribution in [2.45, 2.75) is 72.5 Å². The summed E-state index contributed by atoms with van der Waals surface area (Å²) in [6.07, 6.45) is 7.29. The van der Waals surface area contributed by atoms with E-state index in [-0.39, 0.29) is 40.8 Å². The molecule has 0 spiro atoms. The number of carbonyl (C=O) groups excluding carboxylic acids is 1. The van der Waals surface area contributed by atoms with Crippen molar-refractivity contribution in [2.75, 3.05) is 0 Å². The molecule has 190 valence electrons. The number of hydrogen-bond donors (Lipinski definition) is 3. The molecule has 1 unspecified atom stereocenters. The quantitative estimate of drug-likeness (QED) is 0.403. The number of allylic oxidation sites excluding steroid dienone is 4. The summed E-state index contributed by atoms with van der Waals surface area (Å²) in [5.74, 6) is 0.0608. The zero-order valence-corrected chi connectivity index (χ0v) is 21.7. The summed E-state index contributed by atoms with van der Waals surface area (Å²) in [6.45, 7) is 11.6. The number of hydrogen-bond acceptors (Lipinski definition) is 6. The predicted octanol–water partition coefficient (Wildman–Crippen LogP) is 6.71. The number of fused-ring (bicyclic) bond motifs is 2. The van der Waals surface area contributed by atoms with Crippen LogP contribution in [0, 0.1) is 0 Å². The fourth-order valence-corrected chi connectivity index (χ4v) is 4.54. The van der Waals surface area contributed by atoms with E-state index >= 15 is 0 Å². The van der Waals surface area contributed by atoms with Crippen molar-refractivity contribution in [3.05, 3.63) is 69.3 Å². The summed E-state index contributed by atoms with van der Waals surface area (Å²) in [7, 11) is 0. The van der Waals surface area contributed by atoms with Gasteiger partial charge in [0.2, 0.25) is 0 Å². The minimum absolute atomic E-state index is 0.0139. The molecule has 2 aliphatic rings. The van der Waals surface area contributed by atoms with Crippen molar-refractivity contribution in [1.29, 1.82) is 0 Å². The van der Waals surface area contributed by atoms with Crippen molar-refractivity contribution in [3.63, 3.8) is 0 Å². The summed E-state index contributed by atoms with van der Waals surface area (Å²) in [6, 6.07) is 3.46. The second kappa shape index (κ2) is 9.41. The third-order valence-corrected chi connectivity index (χ3v) is 6.51. The fraction of sp³-hybridized carbons (Fsp3) is 0.367. The number of phenols is 3. The highest BCUT2D eigenvalue weighted by atomic mass is 16.5. The molecular formula is C30H34O6. The molecule has 0 radical (unpaired) electrons. The molecule has 0 aliphatic carbocycles. The standard InChI is InChI=1S/C30H34O6/c1-16(2)7-9-20-27(33)21(10-8-17(3)4)29-25(28(20)34)22(31)15-24(35-29)18-11-12-23-19(26(18)32)13-14-30(5,6)36-23/h7-8,11-14,24,32-34H,9-10,15H2,1-6H3. The molecule has 2 aliphatic heterocycles. The summed E-state index contributed by atoms with van der Waals surface area (Å²) in [4.78, 5) is 13.4. The number of carbonyl (C=O) groups is 1. The van der Waals surface area contributed by atoms with E-state index in [1.165, 1.54) is 0 Å². The molecule has 4 rings (SSSR count). The number of Topliss-reactive ketones (excluding diaryl/α,β-unsaturated/α-hetero) is 1. The van der Waals surface area contributed by atoms with E-state index in [1.54, 1.807) is 12.1 Å². The van der Waals surface area contributed by atoms with Crippen LogP contribution in [-0.4, -0.2) is 26.7 Å². The van der Waals surface area contributed by atoms with Gasteiger partial charge in [-0.3, -0.25) is 4.79 Å². The van der Waals surface area contributed by atoms with Gasteiger partial charge >= 0.3 is 0 Å². The predicted molar refractivity (Wildman–Crippen MR) is 140 cm³/mol. The van der Waals surface area contributed by atoms with Crippen LogP contribution in [0.3, 0.4) is 0 Å². The van der Waals surface area contributed by atoms with E-state index in [9.17, 15) is 20.1 Å². The monoisotopic (exact) mass is 490 g/mol. The topological polar surface area (TPSA) is 96.2 Å². The van der Waals surface area contributed by atoms with Crippen LogP contribution < -0.4 is 9.47 Å². The van der Waals surface area contributed by atoms with Crippen molar-refractivity contribution in [1.82, 2.24) is 0 Å². The van der Waals surface area contributed by atoms with Crippen LogP contribution in [0.1, 0.15) is 86.7 Å². The Labute approximate surface area is 212 Å². The van der Waals surface area contributed by atoms with Crippen molar-refractivity contribution < 1.29 is 29.6 Å². The Hall–Kier alpha value is -3.67. The van der Waals surface area contributed by atoms with Gasteiger partial charge < -0.3 is 24.8 Å². The normalized spacial score (nSPS) is 17.4. The molecule has 6 nitrogen and oxygen atoms in total. The molecule has 0 saturated carbocycles. The molecule has 36 heavy (non-hydrogen) atoms. The van der Waals surface area contributed by atoms with Gasteiger partial charge in [0.05, 0.1) is 12.0 Å². The molecule has 0 amide bonds. The van der Waals surface area contributed by atoms with Gasteiger partial charge in [0.15, 0.2) is 5.78 Å². The molecule has 0 fully saturated rings. The number of rotatable bonds is 5. The molecule has 0 saturated heterocycles. The second-order valence-electron chi connectivity index (χ2n) is 10.5. The molecule has 0 bridgehead atoms. The Morgan fingerprint density at radius 2 is 1.61 bits per heavy atom. The first-order valence-electron chi connectivity index (χ1n) is 12.2. The molecule has 3 N–H and O–H groups in total. The SMILES string of the molecule is CC(C)=CCc1c(O)c(CC=C(C)C)c2c(c1O)C(=O)CC(c1ccc3c(c1O)C=CC(C)(C)O3)O2. The highest BCUT2D eigenvalue weighted by Crippen LogP contribution is 2.50. The lowest BCUT2D eigenvalue weighted by Crippen LogP contribution is -2.28. The van der Waals surface area contributed by atoms with Crippen LogP contribution >= 0.6 is 0 Å². The lowest BCUT2D eigenvalue weighted by molar-refractivity contribution is 0.0839. The lowest BCUT2D eigenvalue weighted by Gasteiger charge is -2.32. The smallest absolute Gasteiger partial charge is 0.174 e. The molecule has 2 heterocycles. The van der Waals surface area contributed by atoms with Crippen LogP contribution in [0.5, 0.6) is 28.7 Å². The van der Waals surface area contributed by atoms with Crippen LogP contribution in [0.25, 0.3) is 6.08 Å². The van der Waals surface area contributed by atoms with E-state index in [2.05, 4.69) is 0 Å². The highest BCUT2D eigenvalue weighted by molar-refractivity contribution is 6.04. The zero-order chi connectivity index (χ0) is 26.4. The fourth-order valence-electron chi connectivity index (χ4n) is 4.54. The maximum Gasteiger partial charge on any atom is 0.174 e. The molecule has 0 aromatic heterocycles. The van der Waals surface area contributed by atoms with E-state index < -0.39 is 11.7 Å². The molecule has 1 atom stereocenters. The first-order valence-corrected chi connectivity index (χ1v) is 12.2. The van der Waals surface area contributed by atoms with Gasteiger partial charge in [-0.2, -0.15) is 0 Å². The summed E-state index contributed by atoms with van der Waals surface area (Å²) in [5, 5.41) is 33.3. The Morgan fingerprint density at radius 1 is 0.972 bits per heavy atom. The van der Waals surface area contributed by atoms with Crippen LogP contribution in [0.15, 0.2) is 41.5 Å². The first kappa shape index (κ1) is 25.4. The third-order valence-electron chi connectivity index (χ3n) is 6.51. The van der Waals surface area contributed by atoms with Crippen molar-refractivity contribution >= 4 is 11.9 Å². The van der Waals surface area contributed by atoms with Gasteiger partial charge in [-0.15, -0.1) is 0 Å². The Bertz CT molecular complexity index is 1320. The van der Waals surface area contributed by atoms with Gasteiger partial charge in [-0.1, -0.05) is 23.3 Å². The Morgan fingerprint density at radius 3 is 2.25 bits per heavy atom. The van der Waals surface area contributed by atoms with Crippen molar-refractivity contribution in [2.24, 2.45) is 0 Å². The van der Waals surface area contributed by atoms with Gasteiger partial charge in [-0.05, 0) is 78.7 Å². The van der Waals surface area contributed by atoms with Crippen LogP contribution in [0.4, 0.5) is 0 Å². The minimum atomic E-state index is -0.786. The summed E-state index contributed by atoms with van der Waals surface area (Å²) in [5.41, 5.74) is 3.40. The molecule has 2 aromatic carbocycles. The second-order valence-corrected chi connectivity index (χ2v) is 10.5. The Balaban J connectivity index is 1.83. The van der Waals surface area contributed by atoms with E-state index in [1.807, 2.05) is 65.8 Å². The van der Waals surface area contributed by atoms with Gasteiger partial charge in [0.25, 0.3) is 0 Å². The average Bonchev–Trinajstić information content (AvgIpc) is 2.77. The number of benzene rings is 2. The van der Waals surface area contributed by atoms with Crippen LogP contribution in [-0.2, 0) is 12.8 Å². The number of ether oxygens (including phenoxy) is 2. The maximum atomic E-state index is 13.4. The summed E-state index contributed by atoms with van der Waals surface area (Å²) < 4.78 is 12.2. The first-order chi connectivity index (χ1) is 16.9. The lowest BCUT2D eigenvalue weighted by atomic mass is 9.88.